The van der Waals surface area contributed by atoms with Crippen LogP contribution in [0, 0.1) is 0 Å². The second-order valence-electron chi connectivity index (χ2n) is 4.74. The maximum atomic E-state index is 12.9. The fourth-order valence-corrected chi connectivity index (χ4v) is 1.72. The maximum Gasteiger partial charge on any atom is 0.586 e. The Morgan fingerprint density at radius 1 is 1.17 bits per heavy atom. The van der Waals surface area contributed by atoms with E-state index in [0.29, 0.717) is 0 Å². The zero-order chi connectivity index (χ0) is 17.0. The molecule has 1 aromatic rings. The highest BCUT2D eigenvalue weighted by molar-refractivity contribution is 5.93. The van der Waals surface area contributed by atoms with Crippen LogP contribution >= 0.6 is 0 Å². The summed E-state index contributed by atoms with van der Waals surface area (Å²) >= 11 is 0. The Labute approximate surface area is 129 Å². The van der Waals surface area contributed by atoms with Gasteiger partial charge in [-0.15, -0.1) is 8.78 Å². The molecule has 1 heterocycles. The van der Waals surface area contributed by atoms with Gasteiger partial charge in [-0.2, -0.15) is 0 Å². The number of rotatable bonds is 6. The first-order chi connectivity index (χ1) is 10.7. The average molecular weight is 329 g/mol. The van der Waals surface area contributed by atoms with Crippen LogP contribution in [0.5, 0.6) is 11.5 Å². The van der Waals surface area contributed by atoms with Crippen molar-refractivity contribution in [2.75, 3.05) is 11.9 Å². The highest BCUT2D eigenvalue weighted by Gasteiger charge is 2.43. The smallest absolute Gasteiger partial charge is 0.456 e. The normalized spacial score (nSPS) is 14.2. The molecule has 23 heavy (non-hydrogen) atoms. The molecule has 0 radical (unpaired) electrons. The van der Waals surface area contributed by atoms with E-state index in [9.17, 15) is 23.2 Å². The number of ether oxygens (including phenoxy) is 3. The van der Waals surface area contributed by atoms with Gasteiger partial charge in [-0.05, 0) is 19.1 Å². The molecule has 0 aromatic heterocycles. The number of Topliss-reactive ketones (excluding diaryl/α,β-unsaturated/α-hetero) is 1. The van der Waals surface area contributed by atoms with E-state index in [1.165, 1.54) is 19.1 Å². The van der Waals surface area contributed by atoms with E-state index in [4.69, 9.17) is 0 Å². The van der Waals surface area contributed by atoms with Crippen molar-refractivity contribution < 1.29 is 37.4 Å². The number of alkyl halides is 2. The molecule has 0 saturated heterocycles. The van der Waals surface area contributed by atoms with E-state index >= 15 is 0 Å². The number of benzene rings is 1. The number of carbonyl (C=O) groups is 3. The van der Waals surface area contributed by atoms with Crippen LogP contribution < -0.4 is 14.8 Å². The Morgan fingerprint density at radius 3 is 2.57 bits per heavy atom. The lowest BCUT2D eigenvalue weighted by atomic mass is 10.2. The number of halogens is 2. The highest BCUT2D eigenvalue weighted by atomic mass is 19.3. The predicted octanol–water partition coefficient (Wildman–Crippen LogP) is 1.86. The summed E-state index contributed by atoms with van der Waals surface area (Å²) in [6, 6.07) is 3.70. The summed E-state index contributed by atoms with van der Waals surface area (Å²) in [5, 5.41) is 2.36. The molecule has 7 nitrogen and oxygen atoms in total. The first-order valence-electron chi connectivity index (χ1n) is 6.60. The zero-order valence-electron chi connectivity index (χ0n) is 12.1. The number of hydrogen-bond acceptors (Lipinski definition) is 6. The van der Waals surface area contributed by atoms with Crippen LogP contribution in [0.1, 0.15) is 19.8 Å². The van der Waals surface area contributed by atoms with E-state index < -0.39 is 24.8 Å². The summed E-state index contributed by atoms with van der Waals surface area (Å²) in [6.07, 6.45) is -3.81. The van der Waals surface area contributed by atoms with Crippen LogP contribution in [-0.2, 0) is 19.1 Å². The number of fused-ring (bicyclic) bond motifs is 1. The molecule has 0 saturated carbocycles. The second-order valence-corrected chi connectivity index (χ2v) is 4.74. The molecule has 1 aliphatic heterocycles. The Bertz CT molecular complexity index is 646. The van der Waals surface area contributed by atoms with Crippen LogP contribution in [0.4, 0.5) is 14.5 Å². The summed E-state index contributed by atoms with van der Waals surface area (Å²) in [7, 11) is 0. The number of ketones is 1. The molecular formula is C14H13F2NO6. The number of anilines is 1. The van der Waals surface area contributed by atoms with Gasteiger partial charge in [-0.25, -0.2) is 0 Å². The molecule has 124 valence electrons. The maximum absolute atomic E-state index is 12.9. The van der Waals surface area contributed by atoms with Crippen LogP contribution in [-0.4, -0.2) is 30.6 Å². The van der Waals surface area contributed by atoms with Crippen molar-refractivity contribution in [2.45, 2.75) is 26.1 Å². The Kier molecular flexibility index (Phi) is 4.77. The number of carbonyl (C=O) groups excluding carboxylic acids is 3. The van der Waals surface area contributed by atoms with Crippen LogP contribution in [0.15, 0.2) is 18.2 Å². The molecule has 0 atom stereocenters. The SMILES string of the molecule is CC(=O)CCC(=O)OCC(=O)Nc1ccc2c(c1)OC(F)(F)O2. The summed E-state index contributed by atoms with van der Waals surface area (Å²) < 4.78 is 38.8. The summed E-state index contributed by atoms with van der Waals surface area (Å²) in [6.45, 7) is 0.782. The third-order valence-electron chi connectivity index (χ3n) is 2.73. The standard InChI is InChI=1S/C14H13F2NO6/c1-8(18)2-5-13(20)21-7-12(19)17-9-3-4-10-11(6-9)23-14(15,16)22-10/h3-4,6H,2,5,7H2,1H3,(H,17,19). The zero-order valence-corrected chi connectivity index (χ0v) is 12.1. The third kappa shape index (κ3) is 4.90. The van der Waals surface area contributed by atoms with Gasteiger partial charge in [0.25, 0.3) is 5.91 Å². The van der Waals surface area contributed by atoms with Gasteiger partial charge < -0.3 is 24.3 Å². The van der Waals surface area contributed by atoms with Gasteiger partial charge in [-0.3, -0.25) is 9.59 Å². The van der Waals surface area contributed by atoms with Gasteiger partial charge in [-0.1, -0.05) is 0 Å². The highest BCUT2D eigenvalue weighted by Crippen LogP contribution is 2.42. The van der Waals surface area contributed by atoms with E-state index in [1.807, 2.05) is 0 Å². The van der Waals surface area contributed by atoms with Crippen molar-refractivity contribution >= 4 is 23.3 Å². The molecule has 0 unspecified atom stereocenters. The molecule has 1 aliphatic rings. The van der Waals surface area contributed by atoms with Crippen molar-refractivity contribution in [1.82, 2.24) is 0 Å². The van der Waals surface area contributed by atoms with Gasteiger partial charge in [0.1, 0.15) is 5.78 Å². The molecule has 0 fully saturated rings. The van der Waals surface area contributed by atoms with E-state index in [2.05, 4.69) is 19.5 Å². The summed E-state index contributed by atoms with van der Waals surface area (Å²) in [5.74, 6) is -1.87. The molecule has 1 aromatic carbocycles. The van der Waals surface area contributed by atoms with E-state index in [-0.39, 0.29) is 35.8 Å². The molecule has 2 rings (SSSR count). The lowest BCUT2D eigenvalue weighted by Gasteiger charge is -2.07. The van der Waals surface area contributed by atoms with Crippen molar-refractivity contribution in [3.8, 4) is 11.5 Å². The van der Waals surface area contributed by atoms with Gasteiger partial charge >= 0.3 is 12.3 Å². The van der Waals surface area contributed by atoms with Crippen molar-refractivity contribution in [1.29, 1.82) is 0 Å². The van der Waals surface area contributed by atoms with Gasteiger partial charge in [0.15, 0.2) is 18.1 Å². The molecule has 0 spiro atoms. The quantitative estimate of drug-likeness (QED) is 0.801. The Hall–Kier alpha value is -2.71. The minimum absolute atomic E-state index is 0.0385. The van der Waals surface area contributed by atoms with Crippen molar-refractivity contribution in [3.05, 3.63) is 18.2 Å². The minimum Gasteiger partial charge on any atom is -0.456 e. The topological polar surface area (TPSA) is 90.9 Å². The molecule has 0 bridgehead atoms. The number of amides is 1. The second kappa shape index (κ2) is 6.59. The Balaban J connectivity index is 1.83. The number of nitrogens with one attached hydrogen (secondary N) is 1. The van der Waals surface area contributed by atoms with Crippen LogP contribution in [0.25, 0.3) is 0 Å². The summed E-state index contributed by atoms with van der Waals surface area (Å²) in [4.78, 5) is 33.6. The molecule has 1 amide bonds. The molecule has 9 heteroatoms. The summed E-state index contributed by atoms with van der Waals surface area (Å²) in [5.41, 5.74) is 0.176. The monoisotopic (exact) mass is 329 g/mol. The van der Waals surface area contributed by atoms with Crippen molar-refractivity contribution in [3.63, 3.8) is 0 Å². The first-order valence-corrected chi connectivity index (χ1v) is 6.60. The van der Waals surface area contributed by atoms with Crippen molar-refractivity contribution in [2.24, 2.45) is 0 Å². The molecule has 0 aliphatic carbocycles. The lowest BCUT2D eigenvalue weighted by molar-refractivity contribution is -0.286. The lowest BCUT2D eigenvalue weighted by Crippen LogP contribution is -2.25. The molecule has 1 N–H and O–H groups in total. The van der Waals surface area contributed by atoms with E-state index in [0.717, 1.165) is 6.07 Å². The molecular weight excluding hydrogens is 316 g/mol. The number of hydrogen-bond donors (Lipinski definition) is 1. The van der Waals surface area contributed by atoms with E-state index in [1.54, 1.807) is 0 Å². The number of esters is 1. The van der Waals surface area contributed by atoms with Crippen LogP contribution in [0.3, 0.4) is 0 Å². The first kappa shape index (κ1) is 16.7. The van der Waals surface area contributed by atoms with Gasteiger partial charge in [0, 0.05) is 18.2 Å². The largest absolute Gasteiger partial charge is 0.586 e. The fraction of sp³-hybridized carbons (Fsp3) is 0.357. The van der Waals surface area contributed by atoms with Gasteiger partial charge in [0.2, 0.25) is 0 Å². The fourth-order valence-electron chi connectivity index (χ4n) is 1.72. The minimum atomic E-state index is -3.74. The average Bonchev–Trinajstić information content (AvgIpc) is 2.76. The van der Waals surface area contributed by atoms with Crippen LogP contribution in [0.2, 0.25) is 0 Å². The van der Waals surface area contributed by atoms with Gasteiger partial charge in [0.05, 0.1) is 6.42 Å². The third-order valence-corrected chi connectivity index (χ3v) is 2.73. The predicted molar refractivity (Wildman–Crippen MR) is 72.1 cm³/mol. The Morgan fingerprint density at radius 2 is 1.87 bits per heavy atom.